The van der Waals surface area contributed by atoms with E-state index in [9.17, 15) is 13.6 Å². The third-order valence-corrected chi connectivity index (χ3v) is 3.74. The zero-order valence-corrected chi connectivity index (χ0v) is 12.4. The molecule has 3 nitrogen and oxygen atoms in total. The third kappa shape index (κ3) is 2.71. The number of aromatic nitrogens is 1. The largest absolute Gasteiger partial charge is 0.324 e. The molecule has 3 rings (SSSR count). The number of nitrogens with zero attached hydrogens (tertiary/aromatic N) is 1. The molecule has 0 amide bonds. The lowest BCUT2D eigenvalue weighted by Crippen LogP contribution is -2.12. The smallest absolute Gasteiger partial charge is 0.199 e. The highest BCUT2D eigenvalue weighted by molar-refractivity contribution is 6.16. The van der Waals surface area contributed by atoms with Crippen molar-refractivity contribution in [3.63, 3.8) is 0 Å². The number of rotatable bonds is 3. The monoisotopic (exact) mass is 312 g/mol. The van der Waals surface area contributed by atoms with E-state index in [4.69, 9.17) is 5.73 Å². The number of hydrogen-bond acceptors (Lipinski definition) is 3. The average molecular weight is 312 g/mol. The number of carbonyl (C=O) groups is 1. The number of pyridine rings is 1. The van der Waals surface area contributed by atoms with Gasteiger partial charge in [-0.3, -0.25) is 9.78 Å². The molecular weight excluding hydrogens is 298 g/mol. The lowest BCUT2D eigenvalue weighted by atomic mass is 9.96. The van der Waals surface area contributed by atoms with Crippen LogP contribution in [0.1, 0.15) is 34.5 Å². The summed E-state index contributed by atoms with van der Waals surface area (Å²) in [6.45, 7) is 1.62. The Morgan fingerprint density at radius 1 is 1.17 bits per heavy atom. The highest BCUT2D eigenvalue weighted by Gasteiger charge is 2.22. The maximum atomic E-state index is 14.3. The van der Waals surface area contributed by atoms with Crippen molar-refractivity contribution < 1.29 is 13.6 Å². The van der Waals surface area contributed by atoms with E-state index in [0.717, 1.165) is 17.5 Å². The molecule has 3 aromatic rings. The average Bonchev–Trinajstić information content (AvgIpc) is 2.53. The lowest BCUT2D eigenvalue weighted by Gasteiger charge is -2.11. The van der Waals surface area contributed by atoms with E-state index >= 15 is 0 Å². The SMILES string of the molecule is C[C@@H](N)c1cc(F)c(C(=O)c2cccc3cnccc23)c(F)c1. The maximum Gasteiger partial charge on any atom is 0.199 e. The fourth-order valence-electron chi connectivity index (χ4n) is 2.53. The molecule has 2 N–H and O–H groups in total. The highest BCUT2D eigenvalue weighted by atomic mass is 19.1. The molecule has 0 bridgehead atoms. The summed E-state index contributed by atoms with van der Waals surface area (Å²) in [5.41, 5.74) is 5.60. The summed E-state index contributed by atoms with van der Waals surface area (Å²) in [5.74, 6) is -2.52. The van der Waals surface area contributed by atoms with Crippen molar-refractivity contribution in [2.45, 2.75) is 13.0 Å². The molecule has 0 radical (unpaired) electrons. The lowest BCUT2D eigenvalue weighted by molar-refractivity contribution is 0.103. The molecule has 0 unspecified atom stereocenters. The van der Waals surface area contributed by atoms with Gasteiger partial charge in [0, 0.05) is 29.4 Å². The Morgan fingerprint density at radius 2 is 1.87 bits per heavy atom. The molecule has 0 fully saturated rings. The van der Waals surface area contributed by atoms with Crippen LogP contribution in [0.5, 0.6) is 0 Å². The van der Waals surface area contributed by atoms with Gasteiger partial charge in [-0.25, -0.2) is 8.78 Å². The first-order valence-corrected chi connectivity index (χ1v) is 7.11. The predicted octanol–water partition coefficient (Wildman–Crippen LogP) is 3.76. The van der Waals surface area contributed by atoms with E-state index in [1.54, 1.807) is 37.4 Å². The molecule has 0 aliphatic heterocycles. The van der Waals surface area contributed by atoms with E-state index in [1.807, 2.05) is 0 Å². The molecule has 0 saturated carbocycles. The van der Waals surface area contributed by atoms with Crippen molar-refractivity contribution in [1.82, 2.24) is 4.98 Å². The van der Waals surface area contributed by atoms with E-state index in [1.165, 1.54) is 6.20 Å². The Balaban J connectivity index is 2.17. The maximum absolute atomic E-state index is 14.3. The minimum atomic E-state index is -0.909. The standard InChI is InChI=1S/C18H14F2N2O/c1-10(21)12-7-15(19)17(16(20)8-12)18(23)14-4-2-3-11-9-22-6-5-13(11)14/h2-10H,21H2,1H3/t10-/m1/s1. The van der Waals surface area contributed by atoms with Gasteiger partial charge in [-0.2, -0.15) is 0 Å². The molecule has 0 saturated heterocycles. The van der Waals surface area contributed by atoms with E-state index in [0.29, 0.717) is 10.9 Å². The van der Waals surface area contributed by atoms with Crippen LogP contribution in [0.3, 0.4) is 0 Å². The van der Waals surface area contributed by atoms with Crippen molar-refractivity contribution in [2.24, 2.45) is 5.73 Å². The summed E-state index contributed by atoms with van der Waals surface area (Å²) in [4.78, 5) is 16.6. The van der Waals surface area contributed by atoms with Gasteiger partial charge in [-0.05, 0) is 36.1 Å². The van der Waals surface area contributed by atoms with Gasteiger partial charge < -0.3 is 5.73 Å². The van der Waals surface area contributed by atoms with Crippen LogP contribution < -0.4 is 5.73 Å². The van der Waals surface area contributed by atoms with Gasteiger partial charge in [-0.1, -0.05) is 18.2 Å². The molecule has 2 aromatic carbocycles. The molecule has 23 heavy (non-hydrogen) atoms. The first-order valence-electron chi connectivity index (χ1n) is 7.11. The second kappa shape index (κ2) is 5.85. The molecule has 116 valence electrons. The topological polar surface area (TPSA) is 56.0 Å². The summed E-state index contributed by atoms with van der Waals surface area (Å²) in [5, 5.41) is 1.33. The minimum Gasteiger partial charge on any atom is -0.324 e. The third-order valence-electron chi connectivity index (χ3n) is 3.74. The fourth-order valence-corrected chi connectivity index (χ4v) is 2.53. The van der Waals surface area contributed by atoms with Crippen molar-refractivity contribution >= 4 is 16.6 Å². The first-order chi connectivity index (χ1) is 11.0. The number of nitrogens with two attached hydrogens (primary N) is 1. The van der Waals surface area contributed by atoms with Gasteiger partial charge in [0.25, 0.3) is 0 Å². The zero-order valence-electron chi connectivity index (χ0n) is 12.4. The molecule has 0 aliphatic rings. The highest BCUT2D eigenvalue weighted by Crippen LogP contribution is 2.25. The van der Waals surface area contributed by atoms with Crippen LogP contribution >= 0.6 is 0 Å². The molecular formula is C18H14F2N2O. The summed E-state index contributed by atoms with van der Waals surface area (Å²) in [6.07, 6.45) is 3.13. The van der Waals surface area contributed by atoms with Crippen LogP contribution in [0.15, 0.2) is 48.8 Å². The van der Waals surface area contributed by atoms with Gasteiger partial charge in [0.15, 0.2) is 5.78 Å². The van der Waals surface area contributed by atoms with Crippen LogP contribution in [0, 0.1) is 11.6 Å². The van der Waals surface area contributed by atoms with Gasteiger partial charge in [0.2, 0.25) is 0 Å². The normalized spacial score (nSPS) is 12.3. The fraction of sp³-hybridized carbons (Fsp3) is 0.111. The minimum absolute atomic E-state index is 0.233. The summed E-state index contributed by atoms with van der Waals surface area (Å²) in [6, 6.07) is 8.32. The molecule has 5 heteroatoms. The van der Waals surface area contributed by atoms with E-state index < -0.39 is 29.0 Å². The number of halogens is 2. The Kier molecular flexibility index (Phi) is 3.88. The van der Waals surface area contributed by atoms with Crippen molar-refractivity contribution in [1.29, 1.82) is 0 Å². The quantitative estimate of drug-likeness (QED) is 0.749. The zero-order chi connectivity index (χ0) is 16.6. The summed E-state index contributed by atoms with van der Waals surface area (Å²) < 4.78 is 28.6. The molecule has 1 heterocycles. The summed E-state index contributed by atoms with van der Waals surface area (Å²) in [7, 11) is 0. The second-order valence-corrected chi connectivity index (χ2v) is 5.38. The number of hydrogen-bond donors (Lipinski definition) is 1. The molecule has 1 aromatic heterocycles. The van der Waals surface area contributed by atoms with Crippen molar-refractivity contribution in [2.75, 3.05) is 0 Å². The second-order valence-electron chi connectivity index (χ2n) is 5.38. The number of fused-ring (bicyclic) bond motifs is 1. The van der Waals surface area contributed by atoms with E-state index in [2.05, 4.69) is 4.98 Å². The number of benzene rings is 2. The number of carbonyl (C=O) groups excluding carboxylic acids is 1. The molecule has 0 aliphatic carbocycles. The van der Waals surface area contributed by atoms with Crippen LogP contribution in [0.4, 0.5) is 8.78 Å². The summed E-state index contributed by atoms with van der Waals surface area (Å²) >= 11 is 0. The first kappa shape index (κ1) is 15.2. The Hall–Kier alpha value is -2.66. The van der Waals surface area contributed by atoms with Gasteiger partial charge in [-0.15, -0.1) is 0 Å². The van der Waals surface area contributed by atoms with Gasteiger partial charge in [0.1, 0.15) is 11.6 Å². The van der Waals surface area contributed by atoms with Crippen LogP contribution in [0.2, 0.25) is 0 Å². The Labute approximate surface area is 131 Å². The van der Waals surface area contributed by atoms with E-state index in [-0.39, 0.29) is 5.56 Å². The number of ketones is 1. The van der Waals surface area contributed by atoms with Crippen LogP contribution in [-0.2, 0) is 0 Å². The van der Waals surface area contributed by atoms with Crippen LogP contribution in [-0.4, -0.2) is 10.8 Å². The molecule has 0 spiro atoms. The Bertz CT molecular complexity index is 878. The Morgan fingerprint density at radius 3 is 2.52 bits per heavy atom. The van der Waals surface area contributed by atoms with Gasteiger partial charge in [0.05, 0.1) is 5.56 Å². The van der Waals surface area contributed by atoms with Crippen molar-refractivity contribution in [3.05, 3.63) is 77.1 Å². The molecule has 1 atom stereocenters. The predicted molar refractivity (Wildman–Crippen MR) is 84.1 cm³/mol. The van der Waals surface area contributed by atoms with Crippen LogP contribution in [0.25, 0.3) is 10.8 Å². The van der Waals surface area contributed by atoms with Gasteiger partial charge >= 0.3 is 0 Å². The van der Waals surface area contributed by atoms with Crippen molar-refractivity contribution in [3.8, 4) is 0 Å².